The number of aromatic amines is 2. The Morgan fingerprint density at radius 3 is 1.17 bits per heavy atom. The molecule has 2 amide bonds. The molecule has 12 heteroatoms. The number of aromatic nitrogens is 4. The maximum Gasteiger partial charge on any atom is 0.408 e. The number of halogens is 2. The Labute approximate surface area is 292 Å². The summed E-state index contributed by atoms with van der Waals surface area (Å²) in [6.45, 7) is 18.9. The van der Waals surface area contributed by atoms with Crippen LogP contribution < -0.4 is 10.6 Å². The maximum absolute atomic E-state index is 12.5. The maximum atomic E-state index is 12.5. The number of carbonyl (C=O) groups excluding carboxylic acids is 2. The molecule has 0 spiro atoms. The van der Waals surface area contributed by atoms with Crippen LogP contribution in [0.4, 0.5) is 9.59 Å². The van der Waals surface area contributed by atoms with Crippen LogP contribution in [0.5, 0.6) is 0 Å². The van der Waals surface area contributed by atoms with Crippen LogP contribution in [-0.2, 0) is 9.47 Å². The van der Waals surface area contributed by atoms with Crippen LogP contribution >= 0.6 is 23.2 Å². The molecule has 2 atom stereocenters. The zero-order valence-electron chi connectivity index (χ0n) is 29.2. The fourth-order valence-electron chi connectivity index (χ4n) is 5.03. The van der Waals surface area contributed by atoms with Crippen molar-refractivity contribution >= 4 is 35.4 Å². The van der Waals surface area contributed by atoms with E-state index in [4.69, 9.17) is 42.6 Å². The summed E-state index contributed by atoms with van der Waals surface area (Å²) >= 11 is 13.2. The lowest BCUT2D eigenvalue weighted by molar-refractivity contribution is 0.0475. The number of imidazole rings is 2. The molecule has 4 N–H and O–H groups in total. The van der Waals surface area contributed by atoms with Gasteiger partial charge in [0.2, 0.25) is 0 Å². The predicted octanol–water partition coefficient (Wildman–Crippen LogP) is 9.88. The zero-order chi connectivity index (χ0) is 35.6. The molecular weight excluding hydrogens is 651 g/mol. The van der Waals surface area contributed by atoms with Gasteiger partial charge in [-0.25, -0.2) is 19.6 Å². The summed E-state index contributed by atoms with van der Waals surface area (Å²) in [4.78, 5) is 40.8. The van der Waals surface area contributed by atoms with Gasteiger partial charge in [0.1, 0.15) is 44.5 Å². The van der Waals surface area contributed by atoms with Crippen LogP contribution in [0.2, 0.25) is 10.3 Å². The van der Waals surface area contributed by atoms with E-state index in [1.165, 1.54) is 0 Å². The summed E-state index contributed by atoms with van der Waals surface area (Å²) in [5, 5.41) is 6.58. The van der Waals surface area contributed by atoms with Crippen molar-refractivity contribution in [2.24, 2.45) is 11.8 Å². The second kappa shape index (κ2) is 14.6. The standard InChI is InChI=1S/C36H46Cl2N6O4/c1-19(2)25(41-33(45)47-35(5,6)7)31-39-27(29(37)43-31)23-15-11-21(12-16-23)22-13-17-24(18-14-22)28-30(38)44-32(40-28)26(20(3)4)42-34(46)48-36(8,9)10/h11-20,25-26H,1-10H3,(H,39,43)(H,40,44)(H,41,45)(H,42,46)/t25-,26-/m0/s1. The van der Waals surface area contributed by atoms with Crippen molar-refractivity contribution < 1.29 is 19.1 Å². The average Bonchev–Trinajstić information content (AvgIpc) is 3.54. The Balaban J connectivity index is 1.50. The van der Waals surface area contributed by atoms with Crippen LogP contribution in [-0.4, -0.2) is 43.3 Å². The van der Waals surface area contributed by atoms with Crippen LogP contribution in [0, 0.1) is 11.8 Å². The lowest BCUT2D eigenvalue weighted by Crippen LogP contribution is -2.37. The fourth-order valence-corrected chi connectivity index (χ4v) is 5.52. The summed E-state index contributed by atoms with van der Waals surface area (Å²) in [6, 6.07) is 15.0. The number of nitrogens with zero attached hydrogens (tertiary/aromatic N) is 2. The Bertz CT molecular complexity index is 1590. The van der Waals surface area contributed by atoms with Gasteiger partial charge in [0.15, 0.2) is 0 Å². The molecule has 2 aromatic heterocycles. The van der Waals surface area contributed by atoms with E-state index >= 15 is 0 Å². The number of amides is 2. The highest BCUT2D eigenvalue weighted by atomic mass is 35.5. The third-order valence-corrected chi connectivity index (χ3v) is 7.82. The molecule has 4 aromatic rings. The summed E-state index contributed by atoms with van der Waals surface area (Å²) in [7, 11) is 0. The van der Waals surface area contributed by atoms with E-state index in [-0.39, 0.29) is 11.8 Å². The van der Waals surface area contributed by atoms with Gasteiger partial charge < -0.3 is 30.1 Å². The van der Waals surface area contributed by atoms with Gasteiger partial charge in [-0.05, 0) is 64.5 Å². The zero-order valence-corrected chi connectivity index (χ0v) is 30.7. The largest absolute Gasteiger partial charge is 0.444 e. The van der Waals surface area contributed by atoms with Crippen molar-refractivity contribution in [1.82, 2.24) is 30.6 Å². The van der Waals surface area contributed by atoms with E-state index < -0.39 is 35.5 Å². The van der Waals surface area contributed by atoms with Crippen molar-refractivity contribution in [3.05, 3.63) is 70.5 Å². The lowest BCUT2D eigenvalue weighted by atomic mass is 10.0. The van der Waals surface area contributed by atoms with Crippen LogP contribution in [0.25, 0.3) is 33.6 Å². The quantitative estimate of drug-likeness (QED) is 0.138. The first kappa shape index (κ1) is 36.8. The number of hydrogen-bond donors (Lipinski definition) is 4. The molecule has 0 aliphatic carbocycles. The van der Waals surface area contributed by atoms with E-state index in [1.54, 1.807) is 0 Å². The van der Waals surface area contributed by atoms with Crippen molar-refractivity contribution in [3.8, 4) is 33.6 Å². The number of carbonyl (C=O) groups is 2. The van der Waals surface area contributed by atoms with Gasteiger partial charge in [0.05, 0.1) is 12.1 Å². The number of nitrogens with one attached hydrogen (secondary N) is 4. The summed E-state index contributed by atoms with van der Waals surface area (Å²) < 4.78 is 10.9. The van der Waals surface area contributed by atoms with Crippen LogP contribution in [0.1, 0.15) is 93.0 Å². The Morgan fingerprint density at radius 2 is 0.896 bits per heavy atom. The average molecular weight is 698 g/mol. The molecule has 2 aromatic carbocycles. The summed E-state index contributed by atoms with van der Waals surface area (Å²) in [5.41, 5.74) is 3.61. The van der Waals surface area contributed by atoms with Gasteiger partial charge >= 0.3 is 12.2 Å². The molecule has 0 unspecified atom stereocenters. The van der Waals surface area contributed by atoms with E-state index in [0.29, 0.717) is 33.3 Å². The molecule has 4 rings (SSSR count). The highest BCUT2D eigenvalue weighted by Gasteiger charge is 2.28. The molecule has 0 bridgehead atoms. The first-order valence-corrected chi connectivity index (χ1v) is 16.8. The second-order valence-corrected chi connectivity index (χ2v) is 15.2. The number of rotatable bonds is 9. The van der Waals surface area contributed by atoms with Crippen LogP contribution in [0.15, 0.2) is 48.5 Å². The molecule has 0 saturated heterocycles. The van der Waals surface area contributed by atoms with E-state index in [0.717, 1.165) is 22.3 Å². The van der Waals surface area contributed by atoms with Crippen LogP contribution in [0.3, 0.4) is 0 Å². The molecule has 0 aliphatic rings. The van der Waals surface area contributed by atoms with E-state index in [1.807, 2.05) is 118 Å². The van der Waals surface area contributed by atoms with Gasteiger partial charge in [0.25, 0.3) is 0 Å². The molecule has 0 fully saturated rings. The molecule has 0 saturated carbocycles. The number of H-pyrrole nitrogens is 2. The number of hydrogen-bond acceptors (Lipinski definition) is 6. The third kappa shape index (κ3) is 9.54. The topological polar surface area (TPSA) is 134 Å². The smallest absolute Gasteiger partial charge is 0.408 e. The molecule has 0 aliphatic heterocycles. The molecule has 258 valence electrons. The van der Waals surface area contributed by atoms with Crippen molar-refractivity contribution in [1.29, 1.82) is 0 Å². The van der Waals surface area contributed by atoms with Gasteiger partial charge in [0, 0.05) is 11.1 Å². The SMILES string of the molecule is CC(C)[C@H](NC(=O)OC(C)(C)C)c1nc(-c2ccc(-c3ccc(-c4nc([C@@H](NC(=O)OC(C)(C)C)C(C)C)[nH]c4Cl)cc3)cc2)c(Cl)[nH]1. The Kier molecular flexibility index (Phi) is 11.2. The highest BCUT2D eigenvalue weighted by molar-refractivity contribution is 6.32. The lowest BCUT2D eigenvalue weighted by Gasteiger charge is -2.24. The summed E-state index contributed by atoms with van der Waals surface area (Å²) in [6.07, 6.45) is -1.04. The van der Waals surface area contributed by atoms with Gasteiger partial charge in [-0.2, -0.15) is 0 Å². The van der Waals surface area contributed by atoms with E-state index in [2.05, 4.69) is 20.6 Å². The first-order chi connectivity index (χ1) is 22.3. The monoisotopic (exact) mass is 696 g/mol. The Hall–Kier alpha value is -4.02. The van der Waals surface area contributed by atoms with Gasteiger partial charge in [-0.3, -0.25) is 0 Å². The third-order valence-electron chi connectivity index (χ3n) is 7.27. The first-order valence-electron chi connectivity index (χ1n) is 16.0. The number of ether oxygens (including phenoxy) is 2. The number of alkyl carbamates (subject to hydrolysis) is 2. The molecule has 0 radical (unpaired) electrons. The fraction of sp³-hybridized carbons (Fsp3) is 0.444. The molecule has 10 nitrogen and oxygen atoms in total. The predicted molar refractivity (Wildman–Crippen MR) is 191 cm³/mol. The van der Waals surface area contributed by atoms with Crippen molar-refractivity contribution in [3.63, 3.8) is 0 Å². The van der Waals surface area contributed by atoms with E-state index in [9.17, 15) is 9.59 Å². The molecule has 2 heterocycles. The molecule has 48 heavy (non-hydrogen) atoms. The molecular formula is C36H46Cl2N6O4. The summed E-state index contributed by atoms with van der Waals surface area (Å²) in [5.74, 6) is 1.17. The van der Waals surface area contributed by atoms with Crippen molar-refractivity contribution in [2.75, 3.05) is 0 Å². The highest BCUT2D eigenvalue weighted by Crippen LogP contribution is 2.34. The van der Waals surface area contributed by atoms with Gasteiger partial charge in [-0.1, -0.05) is 99.4 Å². The number of benzene rings is 2. The normalized spacial score (nSPS) is 13.4. The van der Waals surface area contributed by atoms with Crippen molar-refractivity contribution in [2.45, 2.75) is 92.5 Å². The Morgan fingerprint density at radius 1 is 0.604 bits per heavy atom. The minimum atomic E-state index is -0.617. The van der Waals surface area contributed by atoms with Gasteiger partial charge in [-0.15, -0.1) is 0 Å². The second-order valence-electron chi connectivity index (χ2n) is 14.5. The minimum Gasteiger partial charge on any atom is -0.444 e. The minimum absolute atomic E-state index is 0.0337.